The van der Waals surface area contributed by atoms with Crippen molar-refractivity contribution in [3.8, 4) is 5.75 Å². The van der Waals surface area contributed by atoms with Crippen molar-refractivity contribution in [3.05, 3.63) is 27.1 Å². The number of hydrogen-bond acceptors (Lipinski definition) is 2. The van der Waals surface area contributed by atoms with Gasteiger partial charge in [-0.05, 0) is 47.0 Å². The van der Waals surface area contributed by atoms with Crippen molar-refractivity contribution in [2.24, 2.45) is 0 Å². The van der Waals surface area contributed by atoms with E-state index >= 15 is 0 Å². The van der Waals surface area contributed by atoms with Crippen LogP contribution in [0.3, 0.4) is 0 Å². The Kier molecular flexibility index (Phi) is 9.92. The molecule has 0 spiro atoms. The summed E-state index contributed by atoms with van der Waals surface area (Å²) in [5.41, 5.74) is 0. The first kappa shape index (κ1) is 20.8. The van der Waals surface area contributed by atoms with Gasteiger partial charge in [0, 0.05) is 10.5 Å². The van der Waals surface area contributed by atoms with Gasteiger partial charge in [-0.1, -0.05) is 73.7 Å². The van der Waals surface area contributed by atoms with E-state index in [-0.39, 0.29) is 12.5 Å². The Morgan fingerprint density at radius 2 is 1.52 bits per heavy atom. The Hall–Kier alpha value is -0.550. The van der Waals surface area contributed by atoms with Crippen LogP contribution < -0.4 is 10.1 Å². The number of amides is 1. The molecule has 0 aliphatic heterocycles. The van der Waals surface area contributed by atoms with Crippen LogP contribution in [0.2, 0.25) is 0 Å². The largest absolute Gasteiger partial charge is 0.483 e. The van der Waals surface area contributed by atoms with E-state index in [1.54, 1.807) is 0 Å². The maximum Gasteiger partial charge on any atom is 0.258 e. The Labute approximate surface area is 168 Å². The van der Waals surface area contributed by atoms with Crippen LogP contribution in [0.1, 0.15) is 70.6 Å². The van der Waals surface area contributed by atoms with Gasteiger partial charge >= 0.3 is 0 Å². The van der Waals surface area contributed by atoms with Gasteiger partial charge in [-0.15, -0.1) is 0 Å². The van der Waals surface area contributed by atoms with Crippen molar-refractivity contribution in [1.29, 1.82) is 0 Å². The molecule has 1 amide bonds. The smallest absolute Gasteiger partial charge is 0.258 e. The van der Waals surface area contributed by atoms with Crippen LogP contribution in [0.25, 0.3) is 0 Å². The number of nitrogens with one attached hydrogen (secondary N) is 1. The minimum absolute atomic E-state index is 0.0214. The standard InChI is InChI=1S/C20H29Br2NO2/c21-16-12-13-19(18(22)14-16)25-15-20(24)23-17-10-8-6-4-2-1-3-5-7-9-11-17/h12-14,17H,1-11,15H2,(H,23,24). The predicted molar refractivity (Wildman–Crippen MR) is 110 cm³/mol. The van der Waals surface area contributed by atoms with Crippen LogP contribution in [0.4, 0.5) is 0 Å². The molecule has 0 aromatic heterocycles. The number of ether oxygens (including phenoxy) is 1. The van der Waals surface area contributed by atoms with Crippen molar-refractivity contribution in [2.45, 2.75) is 76.7 Å². The van der Waals surface area contributed by atoms with Gasteiger partial charge in [0.25, 0.3) is 5.91 Å². The molecular formula is C20H29Br2NO2. The number of hydrogen-bond donors (Lipinski definition) is 1. The van der Waals surface area contributed by atoms with Crippen LogP contribution in [-0.2, 0) is 4.79 Å². The lowest BCUT2D eigenvalue weighted by molar-refractivity contribution is -0.123. The summed E-state index contributed by atoms with van der Waals surface area (Å²) in [6.07, 6.45) is 14.0. The molecule has 0 saturated heterocycles. The van der Waals surface area contributed by atoms with E-state index in [4.69, 9.17) is 4.74 Å². The molecule has 25 heavy (non-hydrogen) atoms. The molecule has 0 radical (unpaired) electrons. The fourth-order valence-electron chi connectivity index (χ4n) is 3.31. The molecule has 1 aromatic carbocycles. The number of rotatable bonds is 4. The average Bonchev–Trinajstić information content (AvgIpc) is 2.56. The molecular weight excluding hydrogens is 446 g/mol. The highest BCUT2D eigenvalue weighted by Crippen LogP contribution is 2.28. The summed E-state index contributed by atoms with van der Waals surface area (Å²) >= 11 is 6.87. The fourth-order valence-corrected chi connectivity index (χ4v) is 4.47. The first-order valence-electron chi connectivity index (χ1n) is 9.52. The predicted octanol–water partition coefficient (Wildman–Crippen LogP) is 6.38. The molecule has 0 heterocycles. The zero-order valence-corrected chi connectivity index (χ0v) is 18.0. The molecule has 1 N–H and O–H groups in total. The lowest BCUT2D eigenvalue weighted by atomic mass is 9.98. The van der Waals surface area contributed by atoms with Gasteiger partial charge in [0.15, 0.2) is 6.61 Å². The summed E-state index contributed by atoms with van der Waals surface area (Å²) in [5.74, 6) is 0.670. The second-order valence-electron chi connectivity index (χ2n) is 6.89. The molecule has 1 saturated carbocycles. The lowest BCUT2D eigenvalue weighted by Gasteiger charge is -2.20. The van der Waals surface area contributed by atoms with Crippen LogP contribution in [0.15, 0.2) is 27.1 Å². The molecule has 5 heteroatoms. The highest BCUT2D eigenvalue weighted by Gasteiger charge is 2.13. The lowest BCUT2D eigenvalue weighted by Crippen LogP contribution is -2.38. The monoisotopic (exact) mass is 473 g/mol. The van der Waals surface area contributed by atoms with E-state index in [0.717, 1.165) is 21.8 Å². The zero-order valence-electron chi connectivity index (χ0n) is 14.9. The topological polar surface area (TPSA) is 38.3 Å². The van der Waals surface area contributed by atoms with E-state index in [0.29, 0.717) is 11.8 Å². The molecule has 3 nitrogen and oxygen atoms in total. The summed E-state index contributed by atoms with van der Waals surface area (Å²) < 4.78 is 7.48. The Morgan fingerprint density at radius 1 is 0.960 bits per heavy atom. The minimum Gasteiger partial charge on any atom is -0.483 e. The van der Waals surface area contributed by atoms with Gasteiger partial charge in [0.05, 0.1) is 4.47 Å². The summed E-state index contributed by atoms with van der Waals surface area (Å²) in [4.78, 5) is 12.3. The maximum absolute atomic E-state index is 12.3. The van der Waals surface area contributed by atoms with Crippen molar-refractivity contribution in [2.75, 3.05) is 6.61 Å². The van der Waals surface area contributed by atoms with Gasteiger partial charge in [-0.3, -0.25) is 4.79 Å². The Bertz CT molecular complexity index is 524. The van der Waals surface area contributed by atoms with Gasteiger partial charge < -0.3 is 10.1 Å². The number of benzene rings is 1. The highest BCUT2D eigenvalue weighted by molar-refractivity contribution is 9.11. The van der Waals surface area contributed by atoms with Crippen LogP contribution in [0, 0.1) is 0 Å². The minimum atomic E-state index is -0.0214. The average molecular weight is 475 g/mol. The summed E-state index contributed by atoms with van der Waals surface area (Å²) in [7, 11) is 0. The van der Waals surface area contributed by atoms with Crippen molar-refractivity contribution < 1.29 is 9.53 Å². The molecule has 0 bridgehead atoms. The number of carbonyl (C=O) groups is 1. The molecule has 140 valence electrons. The summed E-state index contributed by atoms with van der Waals surface area (Å²) in [6.45, 7) is 0.0662. The van der Waals surface area contributed by atoms with Crippen LogP contribution in [0.5, 0.6) is 5.75 Å². The maximum atomic E-state index is 12.3. The SMILES string of the molecule is O=C(COc1ccc(Br)cc1Br)NC1CCCCCCCCCCC1. The molecule has 2 rings (SSSR count). The quantitative estimate of drug-likeness (QED) is 0.549. The normalized spacial score (nSPS) is 18.0. The van der Waals surface area contributed by atoms with E-state index in [9.17, 15) is 4.79 Å². The van der Waals surface area contributed by atoms with Gasteiger partial charge in [0.1, 0.15) is 5.75 Å². The number of carbonyl (C=O) groups excluding carboxylic acids is 1. The van der Waals surface area contributed by atoms with Gasteiger partial charge in [0.2, 0.25) is 0 Å². The number of halogens is 2. The molecule has 1 fully saturated rings. The molecule has 1 aliphatic carbocycles. The van der Waals surface area contributed by atoms with E-state index in [1.807, 2.05) is 18.2 Å². The van der Waals surface area contributed by atoms with E-state index < -0.39 is 0 Å². The molecule has 0 atom stereocenters. The zero-order chi connectivity index (χ0) is 17.9. The third-order valence-corrected chi connectivity index (χ3v) is 5.84. The molecule has 1 aliphatic rings. The van der Waals surface area contributed by atoms with Crippen molar-refractivity contribution in [3.63, 3.8) is 0 Å². The fraction of sp³-hybridized carbons (Fsp3) is 0.650. The highest BCUT2D eigenvalue weighted by atomic mass is 79.9. The van der Waals surface area contributed by atoms with Crippen LogP contribution >= 0.6 is 31.9 Å². The second kappa shape index (κ2) is 11.9. The van der Waals surface area contributed by atoms with Crippen molar-refractivity contribution in [1.82, 2.24) is 5.32 Å². The summed E-state index contributed by atoms with van der Waals surface area (Å²) in [5, 5.41) is 3.18. The Balaban J connectivity index is 1.77. The summed E-state index contributed by atoms with van der Waals surface area (Å²) in [6, 6.07) is 5.98. The third kappa shape index (κ3) is 8.59. The van der Waals surface area contributed by atoms with Crippen LogP contribution in [-0.4, -0.2) is 18.6 Å². The first-order valence-corrected chi connectivity index (χ1v) is 11.1. The van der Waals surface area contributed by atoms with Gasteiger partial charge in [-0.25, -0.2) is 0 Å². The second-order valence-corrected chi connectivity index (χ2v) is 8.66. The first-order chi connectivity index (χ1) is 12.1. The Morgan fingerprint density at radius 3 is 2.08 bits per heavy atom. The van der Waals surface area contributed by atoms with E-state index in [2.05, 4.69) is 37.2 Å². The molecule has 1 aromatic rings. The van der Waals surface area contributed by atoms with Crippen molar-refractivity contribution >= 4 is 37.8 Å². The third-order valence-electron chi connectivity index (χ3n) is 4.72. The van der Waals surface area contributed by atoms with Gasteiger partial charge in [-0.2, -0.15) is 0 Å². The molecule has 0 unspecified atom stereocenters. The van der Waals surface area contributed by atoms with E-state index in [1.165, 1.54) is 57.8 Å².